The molecule has 5 nitrogen and oxygen atoms in total. The van der Waals surface area contributed by atoms with Crippen molar-refractivity contribution in [3.8, 4) is 28.6 Å². The lowest BCUT2D eigenvalue weighted by molar-refractivity contribution is 0.419. The van der Waals surface area contributed by atoms with Crippen LogP contribution in [0.5, 0.6) is 17.4 Å². The molecule has 0 aliphatic carbocycles. The average molecular weight is 444 g/mol. The molecule has 0 bridgehead atoms. The molecule has 2 heterocycles. The van der Waals surface area contributed by atoms with Gasteiger partial charge in [-0.25, -0.2) is 13.8 Å². The second-order valence-corrected chi connectivity index (χ2v) is 7.55. The van der Waals surface area contributed by atoms with E-state index in [0.717, 1.165) is 11.5 Å². The molecule has 5 aromatic rings. The van der Waals surface area contributed by atoms with Gasteiger partial charge in [-0.2, -0.15) is 0 Å². The van der Waals surface area contributed by atoms with Gasteiger partial charge in [0.2, 0.25) is 5.88 Å². The van der Waals surface area contributed by atoms with Crippen LogP contribution in [0.4, 0.5) is 8.78 Å². The molecule has 164 valence electrons. The first-order valence-corrected chi connectivity index (χ1v) is 10.2. The van der Waals surface area contributed by atoms with Gasteiger partial charge >= 0.3 is 0 Å². The number of rotatable bonds is 4. The number of hydrogen-bond donors (Lipinski definition) is 1. The highest BCUT2D eigenvalue weighted by atomic mass is 19.2. The Labute approximate surface area is 187 Å². The van der Waals surface area contributed by atoms with Crippen molar-refractivity contribution in [2.24, 2.45) is 0 Å². The molecule has 0 radical (unpaired) electrons. The third-order valence-electron chi connectivity index (χ3n) is 5.51. The highest BCUT2D eigenvalue weighted by molar-refractivity contribution is 5.90. The van der Waals surface area contributed by atoms with Crippen LogP contribution in [-0.4, -0.2) is 17.1 Å². The van der Waals surface area contributed by atoms with Gasteiger partial charge in [-0.15, -0.1) is 0 Å². The molecule has 0 aliphatic rings. The van der Waals surface area contributed by atoms with Crippen LogP contribution in [0.25, 0.3) is 33.1 Å². The van der Waals surface area contributed by atoms with E-state index >= 15 is 0 Å². The van der Waals surface area contributed by atoms with Crippen molar-refractivity contribution < 1.29 is 18.3 Å². The number of methoxy groups -OCH3 is 1. The standard InChI is InChI=1S/C26H18F2N2O3/c1-14-22(11-10-17(27)25(14)28)33-26-16(12-15-6-3-4-7-18(15)30-26)20-13-21(31)24-19(29-20)8-5-9-23(24)32-2/h3-13H,1-2H3,(H,29,31). The van der Waals surface area contributed by atoms with Crippen molar-refractivity contribution in [2.45, 2.75) is 6.92 Å². The second kappa shape index (κ2) is 8.02. The summed E-state index contributed by atoms with van der Waals surface area (Å²) in [6.07, 6.45) is 0. The van der Waals surface area contributed by atoms with Crippen LogP contribution in [0.3, 0.4) is 0 Å². The topological polar surface area (TPSA) is 64.2 Å². The van der Waals surface area contributed by atoms with E-state index in [2.05, 4.69) is 9.97 Å². The number of fused-ring (bicyclic) bond motifs is 2. The SMILES string of the molecule is COc1cccc2[nH]c(-c3cc4ccccc4nc3Oc3ccc(F)c(F)c3C)cc(=O)c12. The molecule has 2 aromatic heterocycles. The minimum absolute atomic E-state index is 0.0210. The maximum Gasteiger partial charge on any atom is 0.229 e. The van der Waals surface area contributed by atoms with Crippen LogP contribution >= 0.6 is 0 Å². The molecule has 0 unspecified atom stereocenters. The van der Waals surface area contributed by atoms with Crippen molar-refractivity contribution in [3.05, 3.63) is 94.2 Å². The maximum absolute atomic E-state index is 14.1. The van der Waals surface area contributed by atoms with E-state index in [1.54, 1.807) is 18.2 Å². The molecule has 5 rings (SSSR count). The summed E-state index contributed by atoms with van der Waals surface area (Å²) in [5.41, 5.74) is 1.99. The maximum atomic E-state index is 14.1. The Bertz CT molecular complexity index is 1590. The predicted molar refractivity (Wildman–Crippen MR) is 123 cm³/mol. The largest absolute Gasteiger partial charge is 0.496 e. The highest BCUT2D eigenvalue weighted by Gasteiger charge is 2.18. The van der Waals surface area contributed by atoms with Crippen molar-refractivity contribution >= 4 is 21.8 Å². The Morgan fingerprint density at radius 3 is 2.58 bits per heavy atom. The van der Waals surface area contributed by atoms with E-state index in [1.165, 1.54) is 26.2 Å². The number of para-hydroxylation sites is 1. The van der Waals surface area contributed by atoms with E-state index in [9.17, 15) is 13.6 Å². The van der Waals surface area contributed by atoms with E-state index in [1.807, 2.05) is 30.3 Å². The molecular formula is C26H18F2N2O3. The third kappa shape index (κ3) is 3.57. The monoisotopic (exact) mass is 444 g/mol. The summed E-state index contributed by atoms with van der Waals surface area (Å²) in [5, 5.41) is 1.25. The van der Waals surface area contributed by atoms with Gasteiger partial charge in [0.15, 0.2) is 17.1 Å². The summed E-state index contributed by atoms with van der Waals surface area (Å²) in [5.74, 6) is -1.20. The molecule has 0 saturated heterocycles. The van der Waals surface area contributed by atoms with Gasteiger partial charge < -0.3 is 14.5 Å². The van der Waals surface area contributed by atoms with Gasteiger partial charge in [-0.1, -0.05) is 24.3 Å². The van der Waals surface area contributed by atoms with Crippen LogP contribution in [0.1, 0.15) is 5.56 Å². The van der Waals surface area contributed by atoms with Gasteiger partial charge in [0.1, 0.15) is 11.5 Å². The van der Waals surface area contributed by atoms with Crippen LogP contribution in [-0.2, 0) is 0 Å². The zero-order chi connectivity index (χ0) is 23.1. The first-order valence-electron chi connectivity index (χ1n) is 10.2. The number of aromatic amines is 1. The minimum Gasteiger partial charge on any atom is -0.496 e. The second-order valence-electron chi connectivity index (χ2n) is 7.55. The number of hydrogen-bond acceptors (Lipinski definition) is 4. The summed E-state index contributed by atoms with van der Waals surface area (Å²) in [6, 6.07) is 18.3. The average Bonchev–Trinajstić information content (AvgIpc) is 2.83. The Morgan fingerprint density at radius 2 is 1.76 bits per heavy atom. The quantitative estimate of drug-likeness (QED) is 0.362. The van der Waals surface area contributed by atoms with Crippen LogP contribution in [0, 0.1) is 18.6 Å². The third-order valence-corrected chi connectivity index (χ3v) is 5.51. The first kappa shape index (κ1) is 20.6. The van der Waals surface area contributed by atoms with Gasteiger partial charge in [-0.05, 0) is 43.3 Å². The minimum atomic E-state index is -0.985. The van der Waals surface area contributed by atoms with Crippen LogP contribution in [0.15, 0.2) is 71.5 Å². The lowest BCUT2D eigenvalue weighted by Crippen LogP contribution is -2.06. The summed E-state index contributed by atoms with van der Waals surface area (Å²) in [7, 11) is 1.51. The number of nitrogens with one attached hydrogen (secondary N) is 1. The van der Waals surface area contributed by atoms with Gasteiger partial charge in [0.25, 0.3) is 0 Å². The lowest BCUT2D eigenvalue weighted by atomic mass is 10.1. The van der Waals surface area contributed by atoms with E-state index in [4.69, 9.17) is 9.47 Å². The molecule has 0 spiro atoms. The summed E-state index contributed by atoms with van der Waals surface area (Å²) in [4.78, 5) is 20.8. The number of halogens is 2. The summed E-state index contributed by atoms with van der Waals surface area (Å²) < 4.78 is 39.0. The summed E-state index contributed by atoms with van der Waals surface area (Å²) in [6.45, 7) is 1.43. The highest BCUT2D eigenvalue weighted by Crippen LogP contribution is 2.36. The van der Waals surface area contributed by atoms with Gasteiger partial charge in [-0.3, -0.25) is 4.79 Å². The van der Waals surface area contributed by atoms with Crippen molar-refractivity contribution in [3.63, 3.8) is 0 Å². The van der Waals surface area contributed by atoms with E-state index in [0.29, 0.717) is 33.4 Å². The van der Waals surface area contributed by atoms with E-state index in [-0.39, 0.29) is 22.6 Å². The zero-order valence-corrected chi connectivity index (χ0v) is 17.8. The van der Waals surface area contributed by atoms with Crippen LogP contribution in [0.2, 0.25) is 0 Å². The Kier molecular flexibility index (Phi) is 5.01. The normalized spacial score (nSPS) is 11.2. The first-order chi connectivity index (χ1) is 16.0. The molecule has 0 atom stereocenters. The number of nitrogens with zero attached hydrogens (tertiary/aromatic N) is 1. The molecule has 33 heavy (non-hydrogen) atoms. The Hall–Kier alpha value is -4.26. The number of aromatic nitrogens is 2. The number of H-pyrrole nitrogens is 1. The van der Waals surface area contributed by atoms with Crippen molar-refractivity contribution in [1.82, 2.24) is 9.97 Å². The Balaban J connectivity index is 1.74. The molecule has 0 amide bonds. The fraction of sp³-hybridized carbons (Fsp3) is 0.0769. The molecule has 0 aliphatic heterocycles. The molecule has 3 aromatic carbocycles. The number of pyridine rings is 2. The van der Waals surface area contributed by atoms with Crippen molar-refractivity contribution in [2.75, 3.05) is 7.11 Å². The summed E-state index contributed by atoms with van der Waals surface area (Å²) >= 11 is 0. The lowest BCUT2D eigenvalue weighted by Gasteiger charge is -2.15. The fourth-order valence-corrected chi connectivity index (χ4v) is 3.81. The van der Waals surface area contributed by atoms with Crippen LogP contribution < -0.4 is 14.9 Å². The number of benzene rings is 3. The molecule has 0 saturated carbocycles. The molecular weight excluding hydrogens is 426 g/mol. The number of ether oxygens (including phenoxy) is 2. The Morgan fingerprint density at radius 1 is 0.939 bits per heavy atom. The van der Waals surface area contributed by atoms with Gasteiger partial charge in [0, 0.05) is 17.0 Å². The zero-order valence-electron chi connectivity index (χ0n) is 17.8. The smallest absolute Gasteiger partial charge is 0.229 e. The van der Waals surface area contributed by atoms with Gasteiger partial charge in [0.05, 0.1) is 34.8 Å². The fourth-order valence-electron chi connectivity index (χ4n) is 3.81. The molecule has 7 heteroatoms. The molecule has 1 N–H and O–H groups in total. The van der Waals surface area contributed by atoms with E-state index < -0.39 is 11.6 Å². The predicted octanol–water partition coefficient (Wildman–Crippen LogP) is 6.13. The van der Waals surface area contributed by atoms with Crippen molar-refractivity contribution in [1.29, 1.82) is 0 Å². The molecule has 0 fully saturated rings.